The van der Waals surface area contributed by atoms with Gasteiger partial charge < -0.3 is 21.3 Å². The maximum atomic E-state index is 14.5. The monoisotopic (exact) mass is 2030 g/mol. The number of carbonyl (C=O) groups is 4. The van der Waals surface area contributed by atoms with E-state index in [0.29, 0.717) is 90.0 Å². The minimum atomic E-state index is -4.79. The van der Waals surface area contributed by atoms with Gasteiger partial charge in [0, 0.05) is 73.5 Å². The van der Waals surface area contributed by atoms with Gasteiger partial charge in [-0.15, -0.1) is 0 Å². The largest absolute Gasteiger partial charge is 0.417 e. The standard InChI is InChI=1S/C28H17ClF5N3O.2C28H18F5N3O.C27H20F2N4O.CH4/c1-15-8-11-17(12-9-15)35-26(38)19-14-16(10-13-20(19)28(32,33)34)22-6-3-7-23-25(36-27(29)37(22)23)18-4-2-5-21(30)24(18)31;1-16-8-11-18(12-9-16)35-27(37)20-14-17(10-13-22(20)28(31,32)33)24-6-3-7-25-21(15-34-36(24)25)19-4-2-5-23(29)26(19)30;1-16-8-11-18(12-9-16)35-27(37)20-14-17(10-13-21(20)28(31,32)33)23-6-3-7-24-26(34-15-36(23)24)19-4-2-5-22(29)25(19)30;1-16-6-10-19(11-7-16)32-27(34)22-14-18(9-8-17(22)2)20-12-13-31-33-24(15-30-26(20)33)21-4-3-5-23(28)25(21)29;/h2-14H,1H3,(H,35,38);2*2-15H,1H3,(H,35,37);3-15H,1-2H3,(H,32,34);1H4. The number of benzene rings is 12. The molecule has 0 saturated carbocycles. The molecule has 0 aliphatic heterocycles. The molecule has 147 heavy (non-hydrogen) atoms. The molecule has 0 aliphatic carbocycles. The van der Waals surface area contributed by atoms with Gasteiger partial charge in [0.25, 0.3) is 23.6 Å². The number of halogens is 18. The number of amides is 4. The van der Waals surface area contributed by atoms with E-state index in [9.17, 15) is 93.8 Å². The molecule has 20 aromatic rings. The van der Waals surface area contributed by atoms with E-state index in [1.807, 2.05) is 71.0 Å². The third-order valence-electron chi connectivity index (χ3n) is 23.6. The van der Waals surface area contributed by atoms with E-state index in [-0.39, 0.29) is 63.4 Å². The highest BCUT2D eigenvalue weighted by atomic mass is 35.5. The molecule has 4 amide bonds. The molecule has 740 valence electrons. The molecule has 0 unspecified atom stereocenters. The quantitative estimate of drug-likeness (QED) is 0.0680. The van der Waals surface area contributed by atoms with Gasteiger partial charge in [-0.05, 0) is 244 Å². The van der Waals surface area contributed by atoms with E-state index in [4.69, 9.17) is 11.6 Å². The van der Waals surface area contributed by atoms with Gasteiger partial charge in [-0.25, -0.2) is 59.1 Å². The lowest BCUT2D eigenvalue weighted by Crippen LogP contribution is -2.19. The predicted molar refractivity (Wildman–Crippen MR) is 530 cm³/mol. The van der Waals surface area contributed by atoms with Gasteiger partial charge in [-0.2, -0.15) is 49.7 Å². The average Bonchev–Trinajstić information content (AvgIpc) is 1.62. The molecule has 0 atom stereocenters. The summed E-state index contributed by atoms with van der Waals surface area (Å²) in [6, 6.07) is 74.1. The highest BCUT2D eigenvalue weighted by Gasteiger charge is 2.39. The molecule has 0 fully saturated rings. The van der Waals surface area contributed by atoms with Crippen LogP contribution in [0.4, 0.5) is 97.4 Å². The van der Waals surface area contributed by atoms with E-state index < -0.39 is 116 Å². The number of imidazole rings is 3. The summed E-state index contributed by atoms with van der Waals surface area (Å²) in [5.41, 5.74) is 7.65. The van der Waals surface area contributed by atoms with Crippen LogP contribution in [0.2, 0.25) is 5.28 Å². The summed E-state index contributed by atoms with van der Waals surface area (Å²) in [6.45, 7) is 9.39. The van der Waals surface area contributed by atoms with Gasteiger partial charge in [0.15, 0.2) is 52.2 Å². The van der Waals surface area contributed by atoms with Gasteiger partial charge >= 0.3 is 18.5 Å². The minimum Gasteiger partial charge on any atom is -0.322 e. The Balaban J connectivity index is 0.000000140. The highest BCUT2D eigenvalue weighted by Crippen LogP contribution is 2.43. The van der Waals surface area contributed by atoms with Crippen molar-refractivity contribution in [1.29, 1.82) is 0 Å². The second-order valence-corrected chi connectivity index (χ2v) is 33.8. The lowest BCUT2D eigenvalue weighted by molar-refractivity contribution is -0.138. The fourth-order valence-electron chi connectivity index (χ4n) is 16.3. The molecule has 8 heterocycles. The predicted octanol–water partition coefficient (Wildman–Crippen LogP) is 30.1. The molecule has 0 spiro atoms. The molecule has 0 saturated heterocycles. The van der Waals surface area contributed by atoms with Crippen LogP contribution in [-0.4, -0.2) is 66.6 Å². The Hall–Kier alpha value is -17.7. The first-order valence-corrected chi connectivity index (χ1v) is 44.6. The first-order chi connectivity index (χ1) is 69.7. The van der Waals surface area contributed by atoms with Crippen molar-refractivity contribution >= 4 is 80.2 Å². The Morgan fingerprint density at radius 1 is 0.313 bits per heavy atom. The van der Waals surface area contributed by atoms with E-state index in [1.54, 1.807) is 150 Å². The SMILES string of the molecule is C.Cc1ccc(NC(=O)c2cc(-c3cccc4c(-c5cccc(F)c5F)cnn34)ccc2C(F)(F)F)cc1.Cc1ccc(NC(=O)c2cc(-c3cccc4c(-c5cccc(F)c5F)nc(Cl)n34)ccc2C(F)(F)F)cc1.Cc1ccc(NC(=O)c2cc(-c3cccc4c(-c5cccc(F)c5F)ncn34)ccc2C(F)(F)F)cc1.Cc1ccc(NC(=O)c2cc(-c3ccnn4c(-c5cccc(F)c5F)cnc34)ccc2C)cc1. The van der Waals surface area contributed by atoms with Crippen LogP contribution in [0.1, 0.15) is 93.4 Å². The van der Waals surface area contributed by atoms with Crippen molar-refractivity contribution in [2.24, 2.45) is 0 Å². The van der Waals surface area contributed by atoms with Crippen LogP contribution < -0.4 is 21.3 Å². The Bertz CT molecular complexity index is 8230. The van der Waals surface area contributed by atoms with Crippen molar-refractivity contribution in [3.05, 3.63) is 447 Å². The van der Waals surface area contributed by atoms with E-state index in [2.05, 4.69) is 46.4 Å². The summed E-state index contributed by atoms with van der Waals surface area (Å²) in [5.74, 6) is -11.2. The zero-order valence-electron chi connectivity index (χ0n) is 76.6. The second-order valence-electron chi connectivity index (χ2n) is 33.5. The van der Waals surface area contributed by atoms with E-state index in [0.717, 1.165) is 94.0 Å². The molecule has 0 bridgehead atoms. The van der Waals surface area contributed by atoms with Gasteiger partial charge in [-0.3, -0.25) is 28.0 Å². The maximum Gasteiger partial charge on any atom is 0.417 e. The second kappa shape index (κ2) is 42.1. The number of nitrogens with zero attached hydrogens (tertiary/aromatic N) is 9. The molecule has 17 nitrogen and oxygen atoms in total. The number of hydrogen-bond donors (Lipinski definition) is 4. The molecule has 0 radical (unpaired) electrons. The van der Waals surface area contributed by atoms with Crippen LogP contribution in [0.25, 0.3) is 112 Å². The normalized spacial score (nSPS) is 11.4. The van der Waals surface area contributed by atoms with Crippen LogP contribution in [0, 0.1) is 81.2 Å². The number of rotatable bonds is 16. The van der Waals surface area contributed by atoms with Crippen LogP contribution in [0.3, 0.4) is 0 Å². The van der Waals surface area contributed by atoms with Crippen LogP contribution in [0.5, 0.6) is 0 Å². The number of hydrogen-bond acceptors (Lipinski definition) is 9. The molecule has 0 aliphatic rings. The van der Waals surface area contributed by atoms with Crippen molar-refractivity contribution in [1.82, 2.24) is 43.0 Å². The molecule has 12 aromatic carbocycles. The van der Waals surface area contributed by atoms with Crippen molar-refractivity contribution in [2.45, 2.75) is 60.6 Å². The lowest BCUT2D eigenvalue weighted by atomic mass is 10.00. The zero-order valence-corrected chi connectivity index (χ0v) is 77.4. The van der Waals surface area contributed by atoms with Crippen molar-refractivity contribution in [3.8, 4) is 89.8 Å². The molecule has 35 heteroatoms. The van der Waals surface area contributed by atoms with Crippen molar-refractivity contribution in [3.63, 3.8) is 0 Å². The Morgan fingerprint density at radius 2 is 0.680 bits per heavy atom. The van der Waals surface area contributed by atoms with Gasteiger partial charge in [0.05, 0.1) is 90.8 Å². The molecule has 8 aromatic heterocycles. The third kappa shape index (κ3) is 21.7. The number of pyridine rings is 3. The van der Waals surface area contributed by atoms with Crippen LogP contribution >= 0.6 is 11.6 Å². The number of anilines is 4. The first kappa shape index (κ1) is 102. The third-order valence-corrected chi connectivity index (χ3v) is 23.9. The van der Waals surface area contributed by atoms with E-state index >= 15 is 0 Å². The van der Waals surface area contributed by atoms with Crippen molar-refractivity contribution in [2.75, 3.05) is 21.3 Å². The Labute approximate surface area is 831 Å². The number of nitrogens with one attached hydrogen (secondary N) is 4. The average molecular weight is 2030 g/mol. The summed E-state index contributed by atoms with van der Waals surface area (Å²) in [4.78, 5) is 64.8. The summed E-state index contributed by atoms with van der Waals surface area (Å²) in [5, 5.41) is 18.9. The van der Waals surface area contributed by atoms with Gasteiger partial charge in [0.1, 0.15) is 12.0 Å². The molecule has 4 N–H and O–H groups in total. The number of alkyl halides is 9. The fourth-order valence-corrected chi connectivity index (χ4v) is 16.6. The van der Waals surface area contributed by atoms with Crippen LogP contribution in [-0.2, 0) is 18.5 Å². The first-order valence-electron chi connectivity index (χ1n) is 44.2. The maximum absolute atomic E-state index is 14.5. The number of aryl methyl sites for hydroxylation is 5. The number of carbonyl (C=O) groups excluding carboxylic acids is 4. The van der Waals surface area contributed by atoms with Crippen LogP contribution in [0.15, 0.2) is 328 Å². The molecular formula is C112H77ClF17N13O4. The van der Waals surface area contributed by atoms with E-state index in [1.165, 1.54) is 98.9 Å². The smallest absolute Gasteiger partial charge is 0.322 e. The fraction of sp³-hybridized carbons (Fsp3) is 0.0804. The van der Waals surface area contributed by atoms with Gasteiger partial charge in [-0.1, -0.05) is 157 Å². The minimum absolute atomic E-state index is 0. The lowest BCUT2D eigenvalue weighted by Gasteiger charge is -2.15. The molecule has 20 rings (SSSR count). The number of aromatic nitrogens is 9. The zero-order chi connectivity index (χ0) is 104. The topological polar surface area (TPSA) is 198 Å². The number of fused-ring (bicyclic) bond motifs is 4. The van der Waals surface area contributed by atoms with Crippen molar-refractivity contribution < 1.29 is 93.8 Å². The summed E-state index contributed by atoms with van der Waals surface area (Å²) < 4.78 is 243. The molecular weight excluding hydrogens is 1950 g/mol. The highest BCUT2D eigenvalue weighted by molar-refractivity contribution is 6.29. The summed E-state index contributed by atoms with van der Waals surface area (Å²) in [6.07, 6.45) is -8.57. The summed E-state index contributed by atoms with van der Waals surface area (Å²) in [7, 11) is 0. The summed E-state index contributed by atoms with van der Waals surface area (Å²) >= 11 is 6.38. The Morgan fingerprint density at radius 3 is 1.14 bits per heavy atom. The Kier molecular flexibility index (Phi) is 29.3. The van der Waals surface area contributed by atoms with Gasteiger partial charge in [0.2, 0.25) is 5.28 Å².